The summed E-state index contributed by atoms with van der Waals surface area (Å²) in [5.74, 6) is 0.305. The minimum atomic E-state index is -0.462. The van der Waals surface area contributed by atoms with Gasteiger partial charge < -0.3 is 10.2 Å². The van der Waals surface area contributed by atoms with Gasteiger partial charge in [-0.3, -0.25) is 10.1 Å². The summed E-state index contributed by atoms with van der Waals surface area (Å²) in [4.78, 5) is 16.7. The summed E-state index contributed by atoms with van der Waals surface area (Å²) >= 11 is 5.72. The van der Waals surface area contributed by atoms with E-state index in [9.17, 15) is 10.1 Å². The number of hydrogen-bond acceptors (Lipinski definition) is 5. The summed E-state index contributed by atoms with van der Waals surface area (Å²) in [6.07, 6.45) is 3.34. The summed E-state index contributed by atoms with van der Waals surface area (Å²) in [6.45, 7) is 1.97. The van der Waals surface area contributed by atoms with Gasteiger partial charge in [0, 0.05) is 18.3 Å². The van der Waals surface area contributed by atoms with Gasteiger partial charge in [0.15, 0.2) is 0 Å². The van der Waals surface area contributed by atoms with Crippen molar-refractivity contribution >= 4 is 23.1 Å². The first-order valence-corrected chi connectivity index (χ1v) is 6.19. The fourth-order valence-electron chi connectivity index (χ4n) is 2.03. The van der Waals surface area contributed by atoms with Gasteiger partial charge in [0.2, 0.25) is 5.82 Å². The van der Waals surface area contributed by atoms with Crippen molar-refractivity contribution in [2.75, 3.05) is 25.5 Å². The highest BCUT2D eigenvalue weighted by molar-refractivity contribution is 6.30. The lowest BCUT2D eigenvalue weighted by molar-refractivity contribution is -0.384. The van der Waals surface area contributed by atoms with E-state index in [0.29, 0.717) is 5.82 Å². The maximum atomic E-state index is 10.9. The van der Waals surface area contributed by atoms with Crippen LogP contribution in [-0.4, -0.2) is 41.0 Å². The monoisotopic (exact) mass is 270 g/mol. The Kier molecular flexibility index (Phi) is 3.98. The molecular formula is C11H15ClN4O2. The van der Waals surface area contributed by atoms with Crippen molar-refractivity contribution in [1.29, 1.82) is 0 Å². The molecule has 1 fully saturated rings. The van der Waals surface area contributed by atoms with Crippen LogP contribution < -0.4 is 5.32 Å². The van der Waals surface area contributed by atoms with E-state index in [4.69, 9.17) is 11.6 Å². The molecule has 1 aliphatic rings. The second-order valence-corrected chi connectivity index (χ2v) is 4.94. The Morgan fingerprint density at radius 1 is 1.56 bits per heavy atom. The van der Waals surface area contributed by atoms with Gasteiger partial charge in [0.05, 0.1) is 9.95 Å². The molecule has 0 amide bonds. The standard InChI is InChI=1S/C11H15ClN4O2/c1-15-4-2-9(3-5-15)14-11-10(16(17)18)6-8(12)7-13-11/h6-7,9H,2-5H2,1H3,(H,13,14). The van der Waals surface area contributed by atoms with Crippen LogP contribution in [-0.2, 0) is 0 Å². The predicted octanol–water partition coefficient (Wildman–Crippen LogP) is 2.15. The van der Waals surface area contributed by atoms with Gasteiger partial charge in [0.25, 0.3) is 0 Å². The summed E-state index contributed by atoms with van der Waals surface area (Å²) in [7, 11) is 2.07. The van der Waals surface area contributed by atoms with Crippen LogP contribution in [0.1, 0.15) is 12.8 Å². The molecule has 0 radical (unpaired) electrons. The first kappa shape index (κ1) is 13.0. The average Bonchev–Trinajstić information content (AvgIpc) is 2.34. The molecule has 0 spiro atoms. The molecule has 18 heavy (non-hydrogen) atoms. The topological polar surface area (TPSA) is 71.3 Å². The number of hydrogen-bond donors (Lipinski definition) is 1. The first-order chi connectivity index (χ1) is 8.56. The number of nitro groups is 1. The Labute approximate surface area is 110 Å². The zero-order valence-electron chi connectivity index (χ0n) is 10.1. The molecular weight excluding hydrogens is 256 g/mol. The number of anilines is 1. The van der Waals surface area contributed by atoms with Gasteiger partial charge in [-0.05, 0) is 33.0 Å². The van der Waals surface area contributed by atoms with Gasteiger partial charge >= 0.3 is 5.69 Å². The second-order valence-electron chi connectivity index (χ2n) is 4.50. The van der Waals surface area contributed by atoms with Crippen molar-refractivity contribution in [3.05, 3.63) is 27.4 Å². The highest BCUT2D eigenvalue weighted by Crippen LogP contribution is 2.26. The van der Waals surface area contributed by atoms with Crippen LogP contribution >= 0.6 is 11.6 Å². The van der Waals surface area contributed by atoms with E-state index < -0.39 is 4.92 Å². The Bertz CT molecular complexity index is 447. The number of rotatable bonds is 3. The van der Waals surface area contributed by atoms with Crippen LogP contribution in [0.5, 0.6) is 0 Å². The van der Waals surface area contributed by atoms with Crippen molar-refractivity contribution in [2.24, 2.45) is 0 Å². The molecule has 1 saturated heterocycles. The van der Waals surface area contributed by atoms with Crippen LogP contribution in [0, 0.1) is 10.1 Å². The van der Waals surface area contributed by atoms with Crippen molar-refractivity contribution < 1.29 is 4.92 Å². The van der Waals surface area contributed by atoms with Gasteiger partial charge in [-0.1, -0.05) is 11.6 Å². The number of piperidine rings is 1. The minimum Gasteiger partial charge on any atom is -0.362 e. The van der Waals surface area contributed by atoms with Crippen LogP contribution in [0.15, 0.2) is 12.3 Å². The van der Waals surface area contributed by atoms with E-state index in [0.717, 1.165) is 25.9 Å². The van der Waals surface area contributed by atoms with E-state index in [-0.39, 0.29) is 16.8 Å². The third kappa shape index (κ3) is 3.08. The molecule has 0 aromatic carbocycles. The van der Waals surface area contributed by atoms with Crippen molar-refractivity contribution in [3.8, 4) is 0 Å². The number of nitrogens with zero attached hydrogens (tertiary/aromatic N) is 3. The third-order valence-electron chi connectivity index (χ3n) is 3.09. The summed E-state index contributed by atoms with van der Waals surface area (Å²) < 4.78 is 0. The molecule has 0 aliphatic carbocycles. The SMILES string of the molecule is CN1CCC(Nc2ncc(Cl)cc2[N+](=O)[O-])CC1. The summed E-state index contributed by atoms with van der Waals surface area (Å²) in [5.41, 5.74) is -0.0681. The fourth-order valence-corrected chi connectivity index (χ4v) is 2.18. The maximum absolute atomic E-state index is 10.9. The average molecular weight is 271 g/mol. The zero-order valence-corrected chi connectivity index (χ0v) is 10.9. The molecule has 1 aliphatic heterocycles. The van der Waals surface area contributed by atoms with Crippen molar-refractivity contribution in [1.82, 2.24) is 9.88 Å². The van der Waals surface area contributed by atoms with Gasteiger partial charge in [0.1, 0.15) is 0 Å². The lowest BCUT2D eigenvalue weighted by atomic mass is 10.1. The minimum absolute atomic E-state index is 0.0681. The highest BCUT2D eigenvalue weighted by Gasteiger charge is 2.22. The third-order valence-corrected chi connectivity index (χ3v) is 3.30. The Morgan fingerprint density at radius 3 is 2.83 bits per heavy atom. The van der Waals surface area contributed by atoms with E-state index in [1.54, 1.807) is 0 Å². The molecule has 7 heteroatoms. The maximum Gasteiger partial charge on any atom is 0.312 e. The second kappa shape index (κ2) is 5.49. The van der Waals surface area contributed by atoms with Crippen molar-refractivity contribution in [2.45, 2.75) is 18.9 Å². The quantitative estimate of drug-likeness (QED) is 0.673. The normalized spacial score (nSPS) is 17.7. The number of pyridine rings is 1. The number of aromatic nitrogens is 1. The molecule has 98 valence electrons. The Morgan fingerprint density at radius 2 is 2.22 bits per heavy atom. The predicted molar refractivity (Wildman–Crippen MR) is 70.0 cm³/mol. The first-order valence-electron chi connectivity index (χ1n) is 5.81. The molecule has 0 bridgehead atoms. The number of nitrogens with one attached hydrogen (secondary N) is 1. The largest absolute Gasteiger partial charge is 0.362 e. The van der Waals surface area contributed by atoms with E-state index in [1.807, 2.05) is 0 Å². The molecule has 2 rings (SSSR count). The molecule has 6 nitrogen and oxygen atoms in total. The van der Waals surface area contributed by atoms with Crippen molar-refractivity contribution in [3.63, 3.8) is 0 Å². The molecule has 2 heterocycles. The lowest BCUT2D eigenvalue weighted by Gasteiger charge is -2.29. The van der Waals surface area contributed by atoms with Crippen LogP contribution in [0.25, 0.3) is 0 Å². The van der Waals surface area contributed by atoms with Crippen LogP contribution in [0.3, 0.4) is 0 Å². The van der Waals surface area contributed by atoms with Crippen LogP contribution in [0.2, 0.25) is 5.02 Å². The molecule has 1 aromatic heterocycles. The number of likely N-dealkylation sites (tertiary alicyclic amines) is 1. The summed E-state index contributed by atoms with van der Waals surface area (Å²) in [6, 6.07) is 1.56. The van der Waals surface area contributed by atoms with E-state index in [2.05, 4.69) is 22.2 Å². The Balaban J connectivity index is 2.11. The lowest BCUT2D eigenvalue weighted by Crippen LogP contribution is -2.37. The smallest absolute Gasteiger partial charge is 0.312 e. The molecule has 0 saturated carbocycles. The van der Waals surface area contributed by atoms with E-state index in [1.165, 1.54) is 12.3 Å². The van der Waals surface area contributed by atoms with Crippen LogP contribution in [0.4, 0.5) is 11.5 Å². The molecule has 1 N–H and O–H groups in total. The molecule has 1 aromatic rings. The van der Waals surface area contributed by atoms with Gasteiger partial charge in [-0.2, -0.15) is 0 Å². The van der Waals surface area contributed by atoms with E-state index >= 15 is 0 Å². The zero-order chi connectivity index (χ0) is 13.1. The highest BCUT2D eigenvalue weighted by atomic mass is 35.5. The molecule has 0 atom stereocenters. The fraction of sp³-hybridized carbons (Fsp3) is 0.545. The summed E-state index contributed by atoms with van der Waals surface area (Å²) in [5, 5.41) is 14.3. The van der Waals surface area contributed by atoms with Gasteiger partial charge in [-0.25, -0.2) is 4.98 Å². The molecule has 0 unspecified atom stereocenters. The Hall–Kier alpha value is -1.40. The van der Waals surface area contributed by atoms with Gasteiger partial charge in [-0.15, -0.1) is 0 Å². The number of halogens is 1.